The maximum atomic E-state index is 13.6. The fraction of sp³-hybridized carbons (Fsp3) is 0.188. The molecule has 3 nitrogen and oxygen atoms in total. The summed E-state index contributed by atoms with van der Waals surface area (Å²) < 4.78 is 13.6. The number of rotatable bonds is 5. The van der Waals surface area contributed by atoms with E-state index in [1.807, 2.05) is 24.3 Å². The van der Waals surface area contributed by atoms with E-state index >= 15 is 0 Å². The van der Waals surface area contributed by atoms with Crippen molar-refractivity contribution in [3.05, 3.63) is 64.4 Å². The van der Waals surface area contributed by atoms with E-state index in [0.717, 1.165) is 11.3 Å². The van der Waals surface area contributed by atoms with Crippen molar-refractivity contribution in [1.29, 1.82) is 0 Å². The Morgan fingerprint density at radius 3 is 2.52 bits per heavy atom. The van der Waals surface area contributed by atoms with Crippen LogP contribution in [0.2, 0.25) is 5.02 Å². The molecule has 0 unspecified atom stereocenters. The summed E-state index contributed by atoms with van der Waals surface area (Å²) in [7, 11) is 1.61. The first kappa shape index (κ1) is 15.3. The van der Waals surface area contributed by atoms with Crippen LogP contribution in [0.5, 0.6) is 0 Å². The van der Waals surface area contributed by atoms with E-state index in [2.05, 4.69) is 10.6 Å². The second-order valence-electron chi connectivity index (χ2n) is 4.60. The first-order valence-corrected chi connectivity index (χ1v) is 6.94. The number of carbonyl (C=O) groups excluding carboxylic acids is 1. The van der Waals surface area contributed by atoms with Crippen molar-refractivity contribution in [2.45, 2.75) is 13.0 Å². The Morgan fingerprint density at radius 2 is 1.90 bits per heavy atom. The Morgan fingerprint density at radius 1 is 1.19 bits per heavy atom. The van der Waals surface area contributed by atoms with Gasteiger partial charge in [0.2, 0.25) is 5.91 Å². The molecule has 2 aromatic rings. The normalized spacial score (nSPS) is 10.2. The van der Waals surface area contributed by atoms with Gasteiger partial charge in [-0.15, -0.1) is 0 Å². The molecule has 0 aliphatic carbocycles. The van der Waals surface area contributed by atoms with Crippen LogP contribution in [0.15, 0.2) is 42.5 Å². The second kappa shape index (κ2) is 7.09. The highest BCUT2D eigenvalue weighted by Gasteiger charge is 2.06. The van der Waals surface area contributed by atoms with Gasteiger partial charge in [0.1, 0.15) is 5.82 Å². The number of amides is 1. The number of hydrogen-bond acceptors (Lipinski definition) is 2. The molecule has 0 aliphatic heterocycles. The van der Waals surface area contributed by atoms with Crippen LogP contribution in [-0.2, 0) is 17.8 Å². The molecule has 1 amide bonds. The van der Waals surface area contributed by atoms with Crippen LogP contribution in [0, 0.1) is 5.82 Å². The van der Waals surface area contributed by atoms with Gasteiger partial charge in [-0.1, -0.05) is 29.8 Å². The molecule has 2 N–H and O–H groups in total. The Bertz CT molecular complexity index is 608. The molecular formula is C16H16ClFN2O. The fourth-order valence-corrected chi connectivity index (χ4v) is 2.14. The number of carbonyl (C=O) groups is 1. The topological polar surface area (TPSA) is 41.1 Å². The van der Waals surface area contributed by atoms with E-state index in [1.165, 1.54) is 6.07 Å². The summed E-state index contributed by atoms with van der Waals surface area (Å²) in [5.74, 6) is -0.361. The van der Waals surface area contributed by atoms with Gasteiger partial charge in [-0.2, -0.15) is 0 Å². The van der Waals surface area contributed by atoms with Gasteiger partial charge >= 0.3 is 0 Å². The minimum atomic E-state index is -0.328. The quantitative estimate of drug-likeness (QED) is 0.889. The van der Waals surface area contributed by atoms with Crippen molar-refractivity contribution >= 4 is 23.2 Å². The Hall–Kier alpha value is -2.07. The van der Waals surface area contributed by atoms with E-state index in [4.69, 9.17) is 11.6 Å². The zero-order valence-corrected chi connectivity index (χ0v) is 12.4. The van der Waals surface area contributed by atoms with Gasteiger partial charge in [0.05, 0.1) is 6.42 Å². The summed E-state index contributed by atoms with van der Waals surface area (Å²) in [5, 5.41) is 6.09. The van der Waals surface area contributed by atoms with Crippen molar-refractivity contribution in [2.75, 3.05) is 12.4 Å². The first-order valence-electron chi connectivity index (χ1n) is 6.56. The molecule has 21 heavy (non-hydrogen) atoms. The van der Waals surface area contributed by atoms with E-state index in [-0.39, 0.29) is 11.7 Å². The molecular weight excluding hydrogens is 291 g/mol. The Labute approximate surface area is 128 Å². The molecule has 110 valence electrons. The van der Waals surface area contributed by atoms with Crippen LogP contribution in [0.25, 0.3) is 0 Å². The zero-order chi connectivity index (χ0) is 15.2. The molecule has 2 rings (SSSR count). The minimum Gasteiger partial charge on any atom is -0.381 e. The van der Waals surface area contributed by atoms with E-state index in [1.54, 1.807) is 19.2 Å². The molecule has 0 aromatic heterocycles. The summed E-state index contributed by atoms with van der Waals surface area (Å²) in [6, 6.07) is 12.1. The summed E-state index contributed by atoms with van der Waals surface area (Å²) in [4.78, 5) is 11.3. The highest BCUT2D eigenvalue weighted by Crippen LogP contribution is 2.20. The van der Waals surface area contributed by atoms with Gasteiger partial charge in [0, 0.05) is 29.9 Å². The Kier molecular flexibility index (Phi) is 5.17. The summed E-state index contributed by atoms with van der Waals surface area (Å²) in [6.07, 6.45) is 0.343. The van der Waals surface area contributed by atoms with E-state index in [0.29, 0.717) is 23.6 Å². The maximum Gasteiger partial charge on any atom is 0.224 e. The lowest BCUT2D eigenvalue weighted by Gasteiger charge is -2.09. The average molecular weight is 307 g/mol. The molecule has 0 heterocycles. The summed E-state index contributed by atoms with van der Waals surface area (Å²) in [5.41, 5.74) is 2.20. The number of halogens is 2. The standard InChI is InChI=1S/C16H16ClFN2O/c1-19-16(21)9-11-5-7-12(8-6-11)20-10-13-14(17)3-2-4-15(13)18/h2-8,20H,9-10H2,1H3,(H,19,21). The molecule has 0 aliphatic rings. The van der Waals surface area contributed by atoms with Gasteiger partial charge in [-0.25, -0.2) is 4.39 Å². The van der Waals surface area contributed by atoms with Crippen LogP contribution < -0.4 is 10.6 Å². The third-order valence-electron chi connectivity index (χ3n) is 3.13. The van der Waals surface area contributed by atoms with Crippen molar-refractivity contribution in [3.63, 3.8) is 0 Å². The van der Waals surface area contributed by atoms with Crippen molar-refractivity contribution in [1.82, 2.24) is 5.32 Å². The number of likely N-dealkylation sites (N-methyl/N-ethyl adjacent to an activating group) is 1. The molecule has 5 heteroatoms. The van der Waals surface area contributed by atoms with Gasteiger partial charge in [-0.3, -0.25) is 4.79 Å². The molecule has 0 atom stereocenters. The van der Waals surface area contributed by atoms with Crippen molar-refractivity contribution in [2.24, 2.45) is 0 Å². The molecule has 0 bridgehead atoms. The third kappa shape index (κ3) is 4.20. The molecule has 0 saturated heterocycles. The fourth-order valence-electron chi connectivity index (χ4n) is 1.91. The average Bonchev–Trinajstić information content (AvgIpc) is 2.48. The van der Waals surface area contributed by atoms with Crippen molar-refractivity contribution < 1.29 is 9.18 Å². The summed E-state index contributed by atoms with van der Waals surface area (Å²) in [6.45, 7) is 0.306. The number of nitrogens with one attached hydrogen (secondary N) is 2. The van der Waals surface area contributed by atoms with Gasteiger partial charge in [-0.05, 0) is 29.8 Å². The third-order valence-corrected chi connectivity index (χ3v) is 3.48. The lowest BCUT2D eigenvalue weighted by molar-refractivity contribution is -0.119. The predicted octanol–water partition coefficient (Wildman–Crippen LogP) is 3.38. The van der Waals surface area contributed by atoms with Crippen LogP contribution in [0.3, 0.4) is 0 Å². The molecule has 0 spiro atoms. The molecule has 2 aromatic carbocycles. The summed E-state index contributed by atoms with van der Waals surface area (Å²) >= 11 is 5.97. The number of hydrogen-bond donors (Lipinski definition) is 2. The highest BCUT2D eigenvalue weighted by molar-refractivity contribution is 6.31. The van der Waals surface area contributed by atoms with Gasteiger partial charge < -0.3 is 10.6 Å². The van der Waals surface area contributed by atoms with Crippen LogP contribution in [0.4, 0.5) is 10.1 Å². The van der Waals surface area contributed by atoms with Crippen LogP contribution in [0.1, 0.15) is 11.1 Å². The number of anilines is 1. The lowest BCUT2D eigenvalue weighted by atomic mass is 10.1. The predicted molar refractivity (Wildman–Crippen MR) is 82.9 cm³/mol. The minimum absolute atomic E-state index is 0.0335. The highest BCUT2D eigenvalue weighted by atomic mass is 35.5. The largest absolute Gasteiger partial charge is 0.381 e. The van der Waals surface area contributed by atoms with Crippen molar-refractivity contribution in [3.8, 4) is 0 Å². The molecule has 0 radical (unpaired) electrons. The monoisotopic (exact) mass is 306 g/mol. The zero-order valence-electron chi connectivity index (χ0n) is 11.6. The second-order valence-corrected chi connectivity index (χ2v) is 5.01. The maximum absolute atomic E-state index is 13.6. The van der Waals surface area contributed by atoms with Gasteiger partial charge in [0.15, 0.2) is 0 Å². The van der Waals surface area contributed by atoms with Crippen LogP contribution >= 0.6 is 11.6 Å². The van der Waals surface area contributed by atoms with E-state index < -0.39 is 0 Å². The van der Waals surface area contributed by atoms with E-state index in [9.17, 15) is 9.18 Å². The lowest BCUT2D eigenvalue weighted by Crippen LogP contribution is -2.19. The smallest absolute Gasteiger partial charge is 0.224 e. The van der Waals surface area contributed by atoms with Gasteiger partial charge in [0.25, 0.3) is 0 Å². The Balaban J connectivity index is 1.99. The molecule has 0 fully saturated rings. The first-order chi connectivity index (χ1) is 10.1. The number of benzene rings is 2. The SMILES string of the molecule is CNC(=O)Cc1ccc(NCc2c(F)cccc2Cl)cc1. The van der Waals surface area contributed by atoms with Crippen LogP contribution in [-0.4, -0.2) is 13.0 Å². The molecule has 0 saturated carbocycles.